The highest BCUT2D eigenvalue weighted by Gasteiger charge is 2.16. The molecule has 0 amide bonds. The van der Waals surface area contributed by atoms with E-state index in [9.17, 15) is 4.79 Å². The second-order valence-corrected chi connectivity index (χ2v) is 7.09. The molecule has 0 spiro atoms. The van der Waals surface area contributed by atoms with Crippen molar-refractivity contribution in [1.82, 2.24) is 29.5 Å². The summed E-state index contributed by atoms with van der Waals surface area (Å²) in [7, 11) is 0. The molecule has 3 aromatic heterocycles. The van der Waals surface area contributed by atoms with Crippen molar-refractivity contribution < 1.29 is 0 Å². The molecule has 0 aliphatic heterocycles. The zero-order valence-electron chi connectivity index (χ0n) is 15.4. The maximum absolute atomic E-state index is 13.0. The Morgan fingerprint density at radius 2 is 1.76 bits per heavy atom. The average Bonchev–Trinajstić information content (AvgIpc) is 3.37. The topological polar surface area (TPSA) is 81.4 Å². The number of aromatic nitrogens is 6. The van der Waals surface area contributed by atoms with Gasteiger partial charge in [0.1, 0.15) is 12.7 Å². The maximum atomic E-state index is 13.0. The number of benzene rings is 2. The van der Waals surface area contributed by atoms with Crippen LogP contribution in [0.15, 0.2) is 72.2 Å². The van der Waals surface area contributed by atoms with E-state index in [0.717, 1.165) is 28.0 Å². The van der Waals surface area contributed by atoms with E-state index in [4.69, 9.17) is 11.6 Å². The Balaban J connectivity index is 1.74. The summed E-state index contributed by atoms with van der Waals surface area (Å²) in [5.41, 5.74) is 4.84. The molecule has 8 heteroatoms. The van der Waals surface area contributed by atoms with E-state index in [1.807, 2.05) is 35.8 Å². The van der Waals surface area contributed by atoms with Crippen molar-refractivity contribution in [2.75, 3.05) is 0 Å². The van der Waals surface area contributed by atoms with Crippen LogP contribution >= 0.6 is 11.6 Å². The van der Waals surface area contributed by atoms with Crippen molar-refractivity contribution in [2.45, 2.75) is 6.92 Å². The van der Waals surface area contributed by atoms with Crippen molar-refractivity contribution in [2.24, 2.45) is 0 Å². The molecule has 29 heavy (non-hydrogen) atoms. The molecule has 3 heterocycles. The van der Waals surface area contributed by atoms with E-state index in [-0.39, 0.29) is 5.56 Å². The Morgan fingerprint density at radius 3 is 2.52 bits per heavy atom. The van der Waals surface area contributed by atoms with Crippen LogP contribution in [0.4, 0.5) is 0 Å². The van der Waals surface area contributed by atoms with Crippen LogP contribution in [0.3, 0.4) is 0 Å². The first kappa shape index (κ1) is 17.4. The third-order valence-electron chi connectivity index (χ3n) is 4.86. The Kier molecular flexibility index (Phi) is 4.03. The molecule has 0 saturated heterocycles. The van der Waals surface area contributed by atoms with Gasteiger partial charge >= 0.3 is 0 Å². The van der Waals surface area contributed by atoms with Gasteiger partial charge in [-0.05, 0) is 48.9 Å². The molecular weight excluding hydrogens is 388 g/mol. The van der Waals surface area contributed by atoms with Crippen LogP contribution < -0.4 is 5.56 Å². The fourth-order valence-corrected chi connectivity index (χ4v) is 3.57. The molecule has 5 aromatic rings. The van der Waals surface area contributed by atoms with E-state index >= 15 is 0 Å². The van der Waals surface area contributed by atoms with Crippen LogP contribution in [0, 0.1) is 6.92 Å². The van der Waals surface area contributed by atoms with Gasteiger partial charge < -0.3 is 0 Å². The molecule has 0 aliphatic carbocycles. The van der Waals surface area contributed by atoms with Gasteiger partial charge in [-0.2, -0.15) is 0 Å². The molecule has 0 radical (unpaired) electrons. The number of rotatable bonds is 3. The van der Waals surface area contributed by atoms with Crippen molar-refractivity contribution in [1.29, 1.82) is 0 Å². The smallest absolute Gasteiger partial charge is 0.280 e. The number of halogens is 1. The SMILES string of the molecule is Cc1ncc2c(=O)n(-c3ccc(Cl)cc3)[nH]c2c1-c1cccc(-n2cnnc2)c1. The van der Waals surface area contributed by atoms with E-state index < -0.39 is 0 Å². The van der Waals surface area contributed by atoms with E-state index in [1.165, 1.54) is 4.68 Å². The fraction of sp³-hybridized carbons (Fsp3) is 0.0476. The predicted molar refractivity (Wildman–Crippen MR) is 112 cm³/mol. The van der Waals surface area contributed by atoms with Gasteiger partial charge in [-0.15, -0.1) is 10.2 Å². The Morgan fingerprint density at radius 1 is 1.00 bits per heavy atom. The van der Waals surface area contributed by atoms with Crippen LogP contribution in [0.1, 0.15) is 5.69 Å². The largest absolute Gasteiger partial charge is 0.290 e. The molecule has 5 rings (SSSR count). The summed E-state index contributed by atoms with van der Waals surface area (Å²) in [6.45, 7) is 1.93. The number of hydrogen-bond donors (Lipinski definition) is 1. The average molecular weight is 403 g/mol. The van der Waals surface area contributed by atoms with E-state index in [0.29, 0.717) is 16.1 Å². The van der Waals surface area contributed by atoms with Crippen LogP contribution in [-0.4, -0.2) is 29.5 Å². The highest BCUT2D eigenvalue weighted by atomic mass is 35.5. The number of aryl methyl sites for hydroxylation is 1. The molecule has 142 valence electrons. The lowest BCUT2D eigenvalue weighted by Gasteiger charge is -2.09. The minimum absolute atomic E-state index is 0.161. The second-order valence-electron chi connectivity index (χ2n) is 6.66. The Labute approximate surface area is 170 Å². The summed E-state index contributed by atoms with van der Waals surface area (Å²) in [6.07, 6.45) is 4.90. The van der Waals surface area contributed by atoms with Gasteiger partial charge in [0.05, 0.1) is 16.6 Å². The molecule has 1 N–H and O–H groups in total. The molecule has 0 atom stereocenters. The zero-order valence-corrected chi connectivity index (χ0v) is 16.1. The van der Waals surface area contributed by atoms with Crippen molar-refractivity contribution in [3.05, 3.63) is 88.5 Å². The Hall–Kier alpha value is -3.71. The number of nitrogens with zero attached hydrogens (tertiary/aromatic N) is 5. The lowest BCUT2D eigenvalue weighted by atomic mass is 10.0. The van der Waals surface area contributed by atoms with Gasteiger partial charge in [0.25, 0.3) is 5.56 Å². The quantitative estimate of drug-likeness (QED) is 0.496. The van der Waals surface area contributed by atoms with Crippen molar-refractivity contribution in [3.63, 3.8) is 0 Å². The number of nitrogens with one attached hydrogen (secondary N) is 1. The van der Waals surface area contributed by atoms with Crippen molar-refractivity contribution in [3.8, 4) is 22.5 Å². The summed E-state index contributed by atoms with van der Waals surface area (Å²) in [6, 6.07) is 15.0. The standard InChI is InChI=1S/C21H15ClN6O/c1-13-19(14-3-2-4-17(9-14)27-11-24-25-12-27)20-18(10-23-13)21(29)28(26-20)16-7-5-15(22)6-8-16/h2-12,26H,1H3. The third kappa shape index (κ3) is 2.92. The number of H-pyrrole nitrogens is 1. The summed E-state index contributed by atoms with van der Waals surface area (Å²) in [4.78, 5) is 17.5. The van der Waals surface area contributed by atoms with Gasteiger partial charge in [0, 0.05) is 28.2 Å². The zero-order chi connectivity index (χ0) is 20.0. The van der Waals surface area contributed by atoms with E-state index in [1.54, 1.807) is 43.1 Å². The fourth-order valence-electron chi connectivity index (χ4n) is 3.45. The van der Waals surface area contributed by atoms with Crippen LogP contribution in [-0.2, 0) is 0 Å². The summed E-state index contributed by atoms with van der Waals surface area (Å²) in [5, 5.41) is 12.1. The number of hydrogen-bond acceptors (Lipinski definition) is 4. The molecule has 0 aliphatic rings. The van der Waals surface area contributed by atoms with Gasteiger partial charge in [0.15, 0.2) is 0 Å². The highest BCUT2D eigenvalue weighted by Crippen LogP contribution is 2.30. The first-order valence-electron chi connectivity index (χ1n) is 8.93. The molecular formula is C21H15ClN6O. The molecule has 0 saturated carbocycles. The lowest BCUT2D eigenvalue weighted by molar-refractivity contribution is 0.864. The minimum atomic E-state index is -0.161. The summed E-state index contributed by atoms with van der Waals surface area (Å²) in [5.74, 6) is 0. The predicted octanol–water partition coefficient (Wildman–Crippen LogP) is 3.92. The highest BCUT2D eigenvalue weighted by molar-refractivity contribution is 6.30. The third-order valence-corrected chi connectivity index (χ3v) is 5.11. The van der Waals surface area contributed by atoms with Gasteiger partial charge in [0.2, 0.25) is 0 Å². The van der Waals surface area contributed by atoms with Gasteiger partial charge in [-0.25, -0.2) is 4.68 Å². The first-order chi connectivity index (χ1) is 14.1. The molecule has 2 aromatic carbocycles. The number of pyridine rings is 1. The van der Waals surface area contributed by atoms with Gasteiger partial charge in [-0.3, -0.25) is 19.4 Å². The van der Waals surface area contributed by atoms with Crippen LogP contribution in [0.25, 0.3) is 33.4 Å². The normalized spacial score (nSPS) is 11.2. The van der Waals surface area contributed by atoms with Gasteiger partial charge in [-0.1, -0.05) is 23.7 Å². The summed E-state index contributed by atoms with van der Waals surface area (Å²) >= 11 is 5.98. The monoisotopic (exact) mass is 402 g/mol. The molecule has 0 unspecified atom stereocenters. The van der Waals surface area contributed by atoms with E-state index in [2.05, 4.69) is 20.3 Å². The molecule has 0 bridgehead atoms. The second kappa shape index (κ2) is 6.72. The maximum Gasteiger partial charge on any atom is 0.280 e. The number of fused-ring (bicyclic) bond motifs is 1. The summed E-state index contributed by atoms with van der Waals surface area (Å²) < 4.78 is 3.34. The minimum Gasteiger partial charge on any atom is -0.290 e. The lowest BCUT2D eigenvalue weighted by Crippen LogP contribution is -2.14. The molecule has 0 fully saturated rings. The first-order valence-corrected chi connectivity index (χ1v) is 9.31. The number of aromatic amines is 1. The van der Waals surface area contributed by atoms with Crippen molar-refractivity contribution >= 4 is 22.5 Å². The van der Waals surface area contributed by atoms with Crippen LogP contribution in [0.5, 0.6) is 0 Å². The van der Waals surface area contributed by atoms with Crippen LogP contribution in [0.2, 0.25) is 5.02 Å². The Bertz CT molecular complexity index is 1380. The molecule has 7 nitrogen and oxygen atoms in total.